The first-order valence-electron chi connectivity index (χ1n) is 6.79. The Morgan fingerprint density at radius 2 is 2.29 bits per heavy atom. The molecule has 1 heterocycles. The molecule has 0 radical (unpaired) electrons. The summed E-state index contributed by atoms with van der Waals surface area (Å²) in [6.07, 6.45) is 0. The number of rotatable bonds is 3. The van der Waals surface area contributed by atoms with Gasteiger partial charge >= 0.3 is 0 Å². The quantitative estimate of drug-likeness (QED) is 0.729. The van der Waals surface area contributed by atoms with Crippen LogP contribution in [0.3, 0.4) is 0 Å². The van der Waals surface area contributed by atoms with Crippen molar-refractivity contribution in [2.45, 2.75) is 25.9 Å². The first-order valence-corrected chi connectivity index (χ1v) is 7.17. The molecule has 0 bridgehead atoms. The molecule has 1 aliphatic heterocycles. The number of benzene rings is 1. The number of nitrogens with two attached hydrogens (primary N) is 1. The fraction of sp³-hybridized carbons (Fsp3) is 0.429. The first-order chi connectivity index (χ1) is 9.90. The Hall–Kier alpha value is -1.79. The molecular weight excluding hydrogens is 292 g/mol. The molecule has 0 aromatic heterocycles. The number of piperazine rings is 1. The number of hydrogen-bond acceptors (Lipinski definition) is 4. The van der Waals surface area contributed by atoms with Crippen molar-refractivity contribution in [1.29, 1.82) is 0 Å². The van der Waals surface area contributed by atoms with Crippen LogP contribution < -0.4 is 16.4 Å². The fourth-order valence-electron chi connectivity index (χ4n) is 2.36. The highest BCUT2D eigenvalue weighted by Gasteiger charge is 2.32. The van der Waals surface area contributed by atoms with E-state index in [1.807, 2.05) is 4.90 Å². The van der Waals surface area contributed by atoms with Crippen molar-refractivity contribution in [2.75, 3.05) is 24.1 Å². The molecule has 0 aliphatic carbocycles. The molecule has 1 aromatic carbocycles. The van der Waals surface area contributed by atoms with Crippen molar-refractivity contribution < 1.29 is 9.59 Å². The van der Waals surface area contributed by atoms with E-state index in [4.69, 9.17) is 17.3 Å². The van der Waals surface area contributed by atoms with Gasteiger partial charge in [0.2, 0.25) is 11.8 Å². The number of halogens is 1. The number of nitrogen functional groups attached to an aromatic ring is 1. The summed E-state index contributed by atoms with van der Waals surface area (Å²) in [6, 6.07) is 4.14. The van der Waals surface area contributed by atoms with Gasteiger partial charge in [0.25, 0.3) is 0 Å². The summed E-state index contributed by atoms with van der Waals surface area (Å²) < 4.78 is 0. The Kier molecular flexibility index (Phi) is 4.69. The first kappa shape index (κ1) is 15.6. The maximum Gasteiger partial charge on any atom is 0.241 e. The second-order valence-electron chi connectivity index (χ2n) is 5.10. The van der Waals surface area contributed by atoms with Crippen molar-refractivity contribution in [3.63, 3.8) is 0 Å². The molecule has 21 heavy (non-hydrogen) atoms. The van der Waals surface area contributed by atoms with Gasteiger partial charge in [-0.15, -0.1) is 0 Å². The lowest BCUT2D eigenvalue weighted by Crippen LogP contribution is -2.58. The molecule has 0 saturated carbocycles. The van der Waals surface area contributed by atoms with Gasteiger partial charge in [0.05, 0.1) is 23.5 Å². The molecule has 114 valence electrons. The van der Waals surface area contributed by atoms with Gasteiger partial charge in [-0.2, -0.15) is 0 Å². The van der Waals surface area contributed by atoms with E-state index in [9.17, 15) is 9.59 Å². The standard InChI is InChI=1S/C14H19ClN4O2/c1-8-13(20)17-5-6-19(8)9(2)14(21)18-12-4-3-10(15)7-11(12)16/h3-4,7-9H,5-6,16H2,1-2H3,(H,17,20)(H,18,21). The minimum absolute atomic E-state index is 0.0630. The second kappa shape index (κ2) is 6.32. The monoisotopic (exact) mass is 310 g/mol. The lowest BCUT2D eigenvalue weighted by atomic mass is 10.1. The van der Waals surface area contributed by atoms with E-state index in [1.54, 1.807) is 32.0 Å². The van der Waals surface area contributed by atoms with Gasteiger partial charge in [0.15, 0.2) is 0 Å². The number of amides is 2. The summed E-state index contributed by atoms with van der Waals surface area (Å²) >= 11 is 5.83. The zero-order chi connectivity index (χ0) is 15.6. The molecule has 0 spiro atoms. The van der Waals surface area contributed by atoms with Crippen molar-refractivity contribution in [3.8, 4) is 0 Å². The number of carbonyl (C=O) groups is 2. The van der Waals surface area contributed by atoms with Crippen molar-refractivity contribution in [1.82, 2.24) is 10.2 Å². The van der Waals surface area contributed by atoms with Crippen LogP contribution in [0, 0.1) is 0 Å². The predicted molar refractivity (Wildman–Crippen MR) is 83.1 cm³/mol. The summed E-state index contributed by atoms with van der Waals surface area (Å²) in [5.74, 6) is -0.266. The van der Waals surface area contributed by atoms with Crippen LogP contribution in [-0.4, -0.2) is 41.9 Å². The highest BCUT2D eigenvalue weighted by atomic mass is 35.5. The van der Waals surface area contributed by atoms with Crippen LogP contribution in [0.1, 0.15) is 13.8 Å². The maximum atomic E-state index is 12.3. The maximum absolute atomic E-state index is 12.3. The summed E-state index contributed by atoms with van der Waals surface area (Å²) in [6.45, 7) is 4.74. The lowest BCUT2D eigenvalue weighted by Gasteiger charge is -2.36. The molecule has 2 atom stereocenters. The Morgan fingerprint density at radius 3 is 2.95 bits per heavy atom. The SMILES string of the molecule is CC1C(=O)NCCN1C(C)C(=O)Nc1ccc(Cl)cc1N. The highest BCUT2D eigenvalue weighted by molar-refractivity contribution is 6.31. The summed E-state index contributed by atoms with van der Waals surface area (Å²) in [4.78, 5) is 25.9. The van der Waals surface area contributed by atoms with Crippen LogP contribution in [-0.2, 0) is 9.59 Å². The van der Waals surface area contributed by atoms with E-state index in [2.05, 4.69) is 10.6 Å². The van der Waals surface area contributed by atoms with Crippen LogP contribution in [0.4, 0.5) is 11.4 Å². The van der Waals surface area contributed by atoms with E-state index in [1.165, 1.54) is 0 Å². The Morgan fingerprint density at radius 1 is 1.57 bits per heavy atom. The second-order valence-corrected chi connectivity index (χ2v) is 5.54. The Balaban J connectivity index is 2.07. The minimum atomic E-state index is -0.430. The third-order valence-corrected chi connectivity index (χ3v) is 3.93. The summed E-state index contributed by atoms with van der Waals surface area (Å²) in [7, 11) is 0. The number of nitrogens with one attached hydrogen (secondary N) is 2. The molecule has 6 nitrogen and oxygen atoms in total. The topological polar surface area (TPSA) is 87.5 Å². The summed E-state index contributed by atoms with van der Waals surface area (Å²) in [5.41, 5.74) is 6.75. The normalized spacial score (nSPS) is 20.7. The van der Waals surface area contributed by atoms with Gasteiger partial charge in [-0.25, -0.2) is 0 Å². The molecule has 1 fully saturated rings. The van der Waals surface area contributed by atoms with Crippen molar-refractivity contribution >= 4 is 34.8 Å². The molecule has 1 saturated heterocycles. The molecule has 2 rings (SSSR count). The zero-order valence-electron chi connectivity index (χ0n) is 12.0. The van der Waals surface area contributed by atoms with Gasteiger partial charge in [-0.1, -0.05) is 11.6 Å². The van der Waals surface area contributed by atoms with Crippen LogP contribution in [0.2, 0.25) is 5.02 Å². The fourth-order valence-corrected chi connectivity index (χ4v) is 2.54. The molecule has 7 heteroatoms. The molecule has 2 unspecified atom stereocenters. The van der Waals surface area contributed by atoms with Gasteiger partial charge < -0.3 is 16.4 Å². The molecule has 1 aromatic rings. The van der Waals surface area contributed by atoms with Crippen LogP contribution in [0.5, 0.6) is 0 Å². The van der Waals surface area contributed by atoms with Crippen molar-refractivity contribution in [2.24, 2.45) is 0 Å². The number of hydrogen-bond donors (Lipinski definition) is 3. The molecule has 1 aliphatic rings. The summed E-state index contributed by atoms with van der Waals surface area (Å²) in [5, 5.41) is 6.06. The average molecular weight is 311 g/mol. The Labute approximate surface area is 128 Å². The third kappa shape index (κ3) is 3.46. The predicted octanol–water partition coefficient (Wildman–Crippen LogP) is 1.07. The number of carbonyl (C=O) groups excluding carboxylic acids is 2. The van der Waals surface area contributed by atoms with Crippen LogP contribution in [0.15, 0.2) is 18.2 Å². The molecular formula is C14H19ClN4O2. The van der Waals surface area contributed by atoms with E-state index >= 15 is 0 Å². The molecule has 2 amide bonds. The number of nitrogens with zero attached hydrogens (tertiary/aromatic N) is 1. The van der Waals surface area contributed by atoms with E-state index in [-0.39, 0.29) is 17.9 Å². The Bertz CT molecular complexity index is 564. The van der Waals surface area contributed by atoms with E-state index < -0.39 is 6.04 Å². The molecule has 4 N–H and O–H groups in total. The van der Waals surface area contributed by atoms with Gasteiger partial charge in [0, 0.05) is 18.1 Å². The average Bonchev–Trinajstić information content (AvgIpc) is 2.44. The van der Waals surface area contributed by atoms with Crippen LogP contribution in [0.25, 0.3) is 0 Å². The van der Waals surface area contributed by atoms with Gasteiger partial charge in [0.1, 0.15) is 0 Å². The van der Waals surface area contributed by atoms with Crippen molar-refractivity contribution in [3.05, 3.63) is 23.2 Å². The zero-order valence-corrected chi connectivity index (χ0v) is 12.8. The largest absolute Gasteiger partial charge is 0.397 e. The van der Waals surface area contributed by atoms with Gasteiger partial charge in [-0.3, -0.25) is 14.5 Å². The van der Waals surface area contributed by atoms with E-state index in [0.717, 1.165) is 0 Å². The number of anilines is 2. The minimum Gasteiger partial charge on any atom is -0.397 e. The van der Waals surface area contributed by atoms with Gasteiger partial charge in [-0.05, 0) is 32.0 Å². The lowest BCUT2D eigenvalue weighted by molar-refractivity contribution is -0.132. The smallest absolute Gasteiger partial charge is 0.241 e. The van der Waals surface area contributed by atoms with E-state index in [0.29, 0.717) is 29.5 Å². The van der Waals surface area contributed by atoms with Crippen LogP contribution >= 0.6 is 11.6 Å². The third-order valence-electron chi connectivity index (χ3n) is 3.69. The highest BCUT2D eigenvalue weighted by Crippen LogP contribution is 2.23.